The van der Waals surface area contributed by atoms with Gasteiger partial charge in [-0.3, -0.25) is 10.1 Å². The van der Waals surface area contributed by atoms with Crippen LogP contribution in [0.3, 0.4) is 0 Å². The Bertz CT molecular complexity index is 751. The summed E-state index contributed by atoms with van der Waals surface area (Å²) in [6, 6.07) is 13.6. The van der Waals surface area contributed by atoms with E-state index in [1.807, 2.05) is 0 Å². The molecule has 0 fully saturated rings. The zero-order valence-electron chi connectivity index (χ0n) is 13.9. The number of hydrogen-bond acceptors (Lipinski definition) is 4. The van der Waals surface area contributed by atoms with Crippen LogP contribution < -0.4 is 16.4 Å². The maximum atomic E-state index is 12.4. The van der Waals surface area contributed by atoms with Gasteiger partial charge in [0.1, 0.15) is 5.60 Å². The van der Waals surface area contributed by atoms with E-state index >= 15 is 0 Å². The van der Waals surface area contributed by atoms with E-state index in [1.54, 1.807) is 69.3 Å². The van der Waals surface area contributed by atoms with E-state index in [2.05, 4.69) is 10.6 Å². The first-order valence-electron chi connectivity index (χ1n) is 7.51. The number of para-hydroxylation sites is 3. The van der Waals surface area contributed by atoms with Crippen LogP contribution in [0.2, 0.25) is 0 Å². The highest BCUT2D eigenvalue weighted by Crippen LogP contribution is 2.23. The topological polar surface area (TPSA) is 93.5 Å². The molecule has 0 atom stereocenters. The second kappa shape index (κ2) is 7.04. The number of nitrogens with two attached hydrogens (primary N) is 1. The minimum Gasteiger partial charge on any atom is -0.444 e. The van der Waals surface area contributed by atoms with Crippen LogP contribution in [0.5, 0.6) is 0 Å². The highest BCUT2D eigenvalue weighted by atomic mass is 16.6. The Morgan fingerprint density at radius 1 is 0.917 bits per heavy atom. The largest absolute Gasteiger partial charge is 0.444 e. The summed E-state index contributed by atoms with van der Waals surface area (Å²) in [5.41, 5.74) is 6.84. The third-order valence-electron chi connectivity index (χ3n) is 3.02. The molecule has 0 saturated carbocycles. The molecule has 0 radical (unpaired) electrons. The lowest BCUT2D eigenvalue weighted by molar-refractivity contribution is 0.0635. The van der Waals surface area contributed by atoms with E-state index in [1.165, 1.54) is 0 Å². The Labute approximate surface area is 141 Å². The molecule has 6 nitrogen and oxygen atoms in total. The smallest absolute Gasteiger partial charge is 0.412 e. The number of anilines is 3. The number of amides is 2. The summed E-state index contributed by atoms with van der Waals surface area (Å²) in [6.45, 7) is 5.33. The SMILES string of the molecule is CC(C)(C)OC(=O)Nc1ccccc1NC(=O)c1ccccc1N. The Morgan fingerprint density at radius 2 is 1.46 bits per heavy atom. The third-order valence-corrected chi connectivity index (χ3v) is 3.02. The fourth-order valence-corrected chi connectivity index (χ4v) is 2.01. The summed E-state index contributed by atoms with van der Waals surface area (Å²) >= 11 is 0. The fourth-order valence-electron chi connectivity index (χ4n) is 2.01. The number of rotatable bonds is 3. The van der Waals surface area contributed by atoms with Crippen LogP contribution in [-0.2, 0) is 4.74 Å². The van der Waals surface area contributed by atoms with E-state index < -0.39 is 11.7 Å². The number of benzene rings is 2. The van der Waals surface area contributed by atoms with Gasteiger partial charge in [-0.15, -0.1) is 0 Å². The van der Waals surface area contributed by atoms with Crippen molar-refractivity contribution in [3.63, 3.8) is 0 Å². The molecule has 2 aromatic carbocycles. The van der Waals surface area contributed by atoms with Gasteiger partial charge in [-0.25, -0.2) is 4.79 Å². The third kappa shape index (κ3) is 4.74. The van der Waals surface area contributed by atoms with Crippen molar-refractivity contribution < 1.29 is 14.3 Å². The maximum absolute atomic E-state index is 12.4. The molecule has 2 aromatic rings. The zero-order chi connectivity index (χ0) is 17.7. The van der Waals surface area contributed by atoms with E-state index in [4.69, 9.17) is 10.5 Å². The van der Waals surface area contributed by atoms with Crippen molar-refractivity contribution in [1.29, 1.82) is 0 Å². The Hall–Kier alpha value is -3.02. The predicted octanol–water partition coefficient (Wildman–Crippen LogP) is 3.87. The Kier molecular flexibility index (Phi) is 5.08. The molecule has 0 spiro atoms. The van der Waals surface area contributed by atoms with Gasteiger partial charge in [-0.05, 0) is 45.0 Å². The van der Waals surface area contributed by atoms with Crippen LogP contribution in [0.25, 0.3) is 0 Å². The molecule has 0 heterocycles. The summed E-state index contributed by atoms with van der Waals surface area (Å²) in [4.78, 5) is 24.3. The van der Waals surface area contributed by atoms with Crippen molar-refractivity contribution in [1.82, 2.24) is 0 Å². The second-order valence-electron chi connectivity index (χ2n) is 6.21. The van der Waals surface area contributed by atoms with Gasteiger partial charge in [-0.2, -0.15) is 0 Å². The lowest BCUT2D eigenvalue weighted by Gasteiger charge is -2.20. The molecule has 24 heavy (non-hydrogen) atoms. The van der Waals surface area contributed by atoms with E-state index in [9.17, 15) is 9.59 Å². The number of ether oxygens (including phenoxy) is 1. The van der Waals surface area contributed by atoms with Gasteiger partial charge >= 0.3 is 6.09 Å². The molecular weight excluding hydrogens is 306 g/mol. The molecule has 6 heteroatoms. The minimum absolute atomic E-state index is 0.355. The molecule has 0 aromatic heterocycles. The lowest BCUT2D eigenvalue weighted by atomic mass is 10.1. The van der Waals surface area contributed by atoms with Crippen molar-refractivity contribution in [2.45, 2.75) is 26.4 Å². The monoisotopic (exact) mass is 327 g/mol. The number of carbonyl (C=O) groups is 2. The highest BCUT2D eigenvalue weighted by molar-refractivity contribution is 6.09. The summed E-state index contributed by atoms with van der Waals surface area (Å²) < 4.78 is 5.22. The second-order valence-corrected chi connectivity index (χ2v) is 6.21. The molecule has 126 valence electrons. The van der Waals surface area contributed by atoms with E-state index in [0.29, 0.717) is 22.6 Å². The molecule has 0 saturated heterocycles. The summed E-state index contributed by atoms with van der Waals surface area (Å²) in [6.07, 6.45) is -0.594. The first-order chi connectivity index (χ1) is 11.3. The number of hydrogen-bond donors (Lipinski definition) is 3. The van der Waals surface area contributed by atoms with Crippen LogP contribution >= 0.6 is 0 Å². The van der Waals surface area contributed by atoms with Gasteiger partial charge in [-0.1, -0.05) is 24.3 Å². The molecule has 0 bridgehead atoms. The molecule has 0 aliphatic carbocycles. The van der Waals surface area contributed by atoms with Crippen molar-refractivity contribution in [3.8, 4) is 0 Å². The molecular formula is C18H21N3O3. The fraction of sp³-hybridized carbons (Fsp3) is 0.222. The van der Waals surface area contributed by atoms with Crippen molar-refractivity contribution in [2.75, 3.05) is 16.4 Å². The summed E-state index contributed by atoms with van der Waals surface area (Å²) in [7, 11) is 0. The molecule has 2 rings (SSSR count). The van der Waals surface area contributed by atoms with E-state index in [0.717, 1.165) is 0 Å². The van der Waals surface area contributed by atoms with Gasteiger partial charge in [0, 0.05) is 5.69 Å². The number of nitrogen functional groups attached to an aromatic ring is 1. The van der Waals surface area contributed by atoms with Crippen molar-refractivity contribution in [3.05, 3.63) is 54.1 Å². The number of nitrogens with one attached hydrogen (secondary N) is 2. The van der Waals surface area contributed by atoms with Gasteiger partial charge in [0.15, 0.2) is 0 Å². The van der Waals surface area contributed by atoms with Gasteiger partial charge in [0.25, 0.3) is 5.91 Å². The zero-order valence-corrected chi connectivity index (χ0v) is 13.9. The van der Waals surface area contributed by atoms with Crippen LogP contribution in [0.4, 0.5) is 21.9 Å². The van der Waals surface area contributed by atoms with Gasteiger partial charge in [0.2, 0.25) is 0 Å². The molecule has 0 unspecified atom stereocenters. The van der Waals surface area contributed by atoms with Crippen molar-refractivity contribution in [2.24, 2.45) is 0 Å². The van der Waals surface area contributed by atoms with E-state index in [-0.39, 0.29) is 5.91 Å². The molecule has 0 aliphatic rings. The first-order valence-corrected chi connectivity index (χ1v) is 7.51. The predicted molar refractivity (Wildman–Crippen MR) is 95.1 cm³/mol. The standard InChI is InChI=1S/C18H21N3O3/c1-18(2,3)24-17(23)21-15-11-7-6-10-14(15)20-16(22)12-8-4-5-9-13(12)19/h4-11H,19H2,1-3H3,(H,20,22)(H,21,23). The van der Waals surface area contributed by atoms with Crippen LogP contribution in [-0.4, -0.2) is 17.6 Å². The van der Waals surface area contributed by atoms with Crippen molar-refractivity contribution >= 4 is 29.1 Å². The summed E-state index contributed by atoms with van der Waals surface area (Å²) in [5, 5.41) is 5.38. The highest BCUT2D eigenvalue weighted by Gasteiger charge is 2.18. The maximum Gasteiger partial charge on any atom is 0.412 e. The normalized spacial score (nSPS) is 10.8. The van der Waals surface area contributed by atoms with Gasteiger partial charge in [0.05, 0.1) is 16.9 Å². The molecule has 2 amide bonds. The van der Waals surface area contributed by atoms with Crippen LogP contribution in [0.15, 0.2) is 48.5 Å². The minimum atomic E-state index is -0.610. The molecule has 0 aliphatic heterocycles. The Balaban J connectivity index is 2.16. The average molecular weight is 327 g/mol. The number of carbonyl (C=O) groups excluding carboxylic acids is 2. The van der Waals surface area contributed by atoms with Crippen LogP contribution in [0.1, 0.15) is 31.1 Å². The first kappa shape index (κ1) is 17.3. The average Bonchev–Trinajstić information content (AvgIpc) is 2.47. The Morgan fingerprint density at radius 3 is 2.04 bits per heavy atom. The van der Waals surface area contributed by atoms with Gasteiger partial charge < -0.3 is 15.8 Å². The lowest BCUT2D eigenvalue weighted by Crippen LogP contribution is -2.27. The quantitative estimate of drug-likeness (QED) is 0.746. The molecule has 4 N–H and O–H groups in total. The summed E-state index contributed by atoms with van der Waals surface area (Å²) in [5.74, 6) is -0.355. The van der Waals surface area contributed by atoms with Crippen LogP contribution in [0, 0.1) is 0 Å².